The number of aliphatic hydroxyl groups is 1. The Balaban J connectivity index is 1.78. The SMILES string of the molecule is CC(C)(C)C(=O)N1CCCC1C(=O)NC(Cc1ccc2ccccc2c1)C(=O)NCC(O)CN. The topological polar surface area (TPSA) is 125 Å². The molecular weight excluding hydrogens is 432 g/mol. The van der Waals surface area contributed by atoms with E-state index in [1.54, 1.807) is 4.90 Å². The van der Waals surface area contributed by atoms with Crippen LogP contribution < -0.4 is 16.4 Å². The molecule has 1 fully saturated rings. The van der Waals surface area contributed by atoms with E-state index in [0.29, 0.717) is 13.0 Å². The van der Waals surface area contributed by atoms with Crippen LogP contribution in [0.5, 0.6) is 0 Å². The molecule has 184 valence electrons. The number of carbonyl (C=O) groups excluding carboxylic acids is 3. The number of likely N-dealkylation sites (tertiary alicyclic amines) is 1. The molecule has 8 heteroatoms. The van der Waals surface area contributed by atoms with E-state index in [2.05, 4.69) is 10.6 Å². The maximum absolute atomic E-state index is 13.2. The minimum Gasteiger partial charge on any atom is -0.390 e. The number of carbonyl (C=O) groups is 3. The van der Waals surface area contributed by atoms with E-state index >= 15 is 0 Å². The van der Waals surface area contributed by atoms with Crippen molar-refractivity contribution < 1.29 is 19.5 Å². The maximum Gasteiger partial charge on any atom is 0.243 e. The first-order valence-electron chi connectivity index (χ1n) is 11.8. The lowest BCUT2D eigenvalue weighted by molar-refractivity contribution is -0.145. The van der Waals surface area contributed by atoms with Gasteiger partial charge in [0.05, 0.1) is 6.10 Å². The van der Waals surface area contributed by atoms with Crippen molar-refractivity contribution in [3.8, 4) is 0 Å². The summed E-state index contributed by atoms with van der Waals surface area (Å²) in [5, 5.41) is 17.4. The Labute approximate surface area is 200 Å². The lowest BCUT2D eigenvalue weighted by Gasteiger charge is -2.31. The van der Waals surface area contributed by atoms with Crippen molar-refractivity contribution in [3.05, 3.63) is 48.0 Å². The quantitative estimate of drug-likeness (QED) is 0.465. The molecule has 1 aliphatic rings. The third-order valence-electron chi connectivity index (χ3n) is 6.13. The molecule has 1 saturated heterocycles. The molecule has 1 heterocycles. The highest BCUT2D eigenvalue weighted by Gasteiger charge is 2.39. The monoisotopic (exact) mass is 468 g/mol. The van der Waals surface area contributed by atoms with Crippen LogP contribution in [0.4, 0.5) is 0 Å². The lowest BCUT2D eigenvalue weighted by atomic mass is 9.94. The standard InChI is InChI=1S/C26H36N4O4/c1-26(2,3)25(34)30-12-6-9-22(30)24(33)29-21(23(32)28-16-20(31)15-27)14-17-10-11-18-7-4-5-8-19(18)13-17/h4-5,7-8,10-11,13,20-22,31H,6,9,12,14-16,27H2,1-3H3,(H,28,32)(H,29,33). The second-order valence-corrected chi connectivity index (χ2v) is 9.99. The normalized spacial score (nSPS) is 17.9. The molecule has 3 amide bonds. The molecule has 3 atom stereocenters. The highest BCUT2D eigenvalue weighted by Crippen LogP contribution is 2.26. The summed E-state index contributed by atoms with van der Waals surface area (Å²) in [7, 11) is 0. The molecule has 5 N–H and O–H groups in total. The van der Waals surface area contributed by atoms with E-state index in [1.807, 2.05) is 63.2 Å². The number of hydrogen-bond donors (Lipinski definition) is 4. The van der Waals surface area contributed by atoms with Crippen LogP contribution in [0, 0.1) is 5.41 Å². The number of amides is 3. The summed E-state index contributed by atoms with van der Waals surface area (Å²) >= 11 is 0. The minimum atomic E-state index is -0.865. The zero-order valence-electron chi connectivity index (χ0n) is 20.2. The van der Waals surface area contributed by atoms with Crippen molar-refractivity contribution in [3.63, 3.8) is 0 Å². The van der Waals surface area contributed by atoms with Crippen molar-refractivity contribution >= 4 is 28.5 Å². The lowest BCUT2D eigenvalue weighted by Crippen LogP contribution is -2.55. The molecule has 1 aliphatic heterocycles. The third-order valence-corrected chi connectivity index (χ3v) is 6.13. The Kier molecular flexibility index (Phi) is 8.28. The first kappa shape index (κ1) is 25.6. The van der Waals surface area contributed by atoms with Crippen LogP contribution in [-0.2, 0) is 20.8 Å². The van der Waals surface area contributed by atoms with Crippen molar-refractivity contribution in [2.45, 2.75) is 58.2 Å². The van der Waals surface area contributed by atoms with E-state index in [-0.39, 0.29) is 31.3 Å². The summed E-state index contributed by atoms with van der Waals surface area (Å²) in [5.41, 5.74) is 5.75. The minimum absolute atomic E-state index is 0.00249. The van der Waals surface area contributed by atoms with Crippen LogP contribution in [0.2, 0.25) is 0 Å². The van der Waals surface area contributed by atoms with Crippen molar-refractivity contribution in [1.82, 2.24) is 15.5 Å². The summed E-state index contributed by atoms with van der Waals surface area (Å²) < 4.78 is 0. The molecular formula is C26H36N4O4. The van der Waals surface area contributed by atoms with Gasteiger partial charge in [0.25, 0.3) is 0 Å². The summed E-state index contributed by atoms with van der Waals surface area (Å²) in [4.78, 5) is 40.7. The van der Waals surface area contributed by atoms with E-state index in [1.165, 1.54) is 0 Å². The molecule has 0 radical (unpaired) electrons. The molecule has 0 aromatic heterocycles. The van der Waals surface area contributed by atoms with Gasteiger partial charge in [0.1, 0.15) is 12.1 Å². The molecule has 3 rings (SSSR count). The van der Waals surface area contributed by atoms with Gasteiger partial charge in [-0.2, -0.15) is 0 Å². The van der Waals surface area contributed by atoms with Gasteiger partial charge < -0.3 is 26.4 Å². The van der Waals surface area contributed by atoms with Crippen LogP contribution in [-0.4, -0.2) is 65.5 Å². The van der Waals surface area contributed by atoms with E-state index < -0.39 is 29.5 Å². The Bertz CT molecular complexity index is 1030. The Morgan fingerprint density at radius 2 is 1.85 bits per heavy atom. The summed E-state index contributed by atoms with van der Waals surface area (Å²) in [6.07, 6.45) is 0.713. The van der Waals surface area contributed by atoms with Crippen molar-refractivity contribution in [2.75, 3.05) is 19.6 Å². The first-order chi connectivity index (χ1) is 16.1. The molecule has 0 saturated carbocycles. The number of rotatable bonds is 8. The van der Waals surface area contributed by atoms with Gasteiger partial charge in [-0.1, -0.05) is 63.2 Å². The first-order valence-corrected chi connectivity index (χ1v) is 11.8. The molecule has 0 aliphatic carbocycles. The number of hydrogen-bond acceptors (Lipinski definition) is 5. The van der Waals surface area contributed by atoms with Gasteiger partial charge in [0.2, 0.25) is 17.7 Å². The Hall–Kier alpha value is -2.97. The van der Waals surface area contributed by atoms with Crippen LogP contribution in [0.3, 0.4) is 0 Å². The summed E-state index contributed by atoms with van der Waals surface area (Å²) in [6, 6.07) is 12.4. The third kappa shape index (κ3) is 6.33. The largest absolute Gasteiger partial charge is 0.390 e. The molecule has 3 unspecified atom stereocenters. The van der Waals surface area contributed by atoms with Crippen LogP contribution in [0.1, 0.15) is 39.2 Å². The fourth-order valence-electron chi connectivity index (χ4n) is 4.22. The molecule has 34 heavy (non-hydrogen) atoms. The fourth-order valence-corrected chi connectivity index (χ4v) is 4.22. The van der Waals surface area contributed by atoms with Gasteiger partial charge in [-0.3, -0.25) is 14.4 Å². The number of benzene rings is 2. The van der Waals surface area contributed by atoms with E-state index in [0.717, 1.165) is 22.8 Å². The summed E-state index contributed by atoms with van der Waals surface area (Å²) in [5.74, 6) is -0.817. The Morgan fingerprint density at radius 1 is 1.15 bits per heavy atom. The van der Waals surface area contributed by atoms with Crippen LogP contribution in [0.15, 0.2) is 42.5 Å². The van der Waals surface area contributed by atoms with Crippen molar-refractivity contribution in [1.29, 1.82) is 0 Å². The van der Waals surface area contributed by atoms with Gasteiger partial charge >= 0.3 is 0 Å². The number of aliphatic hydroxyl groups excluding tert-OH is 1. The van der Waals surface area contributed by atoms with E-state index in [9.17, 15) is 19.5 Å². The van der Waals surface area contributed by atoms with Gasteiger partial charge in [0, 0.05) is 31.5 Å². The molecule has 2 aromatic rings. The molecule has 0 bridgehead atoms. The zero-order chi connectivity index (χ0) is 24.9. The second kappa shape index (κ2) is 11.0. The maximum atomic E-state index is 13.2. The molecule has 0 spiro atoms. The number of nitrogens with zero attached hydrogens (tertiary/aromatic N) is 1. The predicted octanol–water partition coefficient (Wildman–Crippen LogP) is 1.34. The van der Waals surface area contributed by atoms with Crippen LogP contribution >= 0.6 is 0 Å². The Morgan fingerprint density at radius 3 is 2.53 bits per heavy atom. The highest BCUT2D eigenvalue weighted by atomic mass is 16.3. The average Bonchev–Trinajstić information content (AvgIpc) is 3.30. The number of fused-ring (bicyclic) bond motifs is 1. The van der Waals surface area contributed by atoms with Gasteiger partial charge in [-0.15, -0.1) is 0 Å². The molecule has 8 nitrogen and oxygen atoms in total. The fraction of sp³-hybridized carbons (Fsp3) is 0.500. The zero-order valence-corrected chi connectivity index (χ0v) is 20.2. The van der Waals surface area contributed by atoms with Gasteiger partial charge in [0.15, 0.2) is 0 Å². The smallest absolute Gasteiger partial charge is 0.243 e. The van der Waals surface area contributed by atoms with Gasteiger partial charge in [-0.25, -0.2) is 0 Å². The van der Waals surface area contributed by atoms with E-state index in [4.69, 9.17) is 5.73 Å². The summed E-state index contributed by atoms with van der Waals surface area (Å²) in [6.45, 7) is 6.05. The van der Waals surface area contributed by atoms with Gasteiger partial charge in [-0.05, 0) is 29.2 Å². The average molecular weight is 469 g/mol. The van der Waals surface area contributed by atoms with Crippen molar-refractivity contribution in [2.24, 2.45) is 11.1 Å². The number of nitrogens with two attached hydrogens (primary N) is 1. The van der Waals surface area contributed by atoms with Crippen LogP contribution in [0.25, 0.3) is 10.8 Å². The predicted molar refractivity (Wildman–Crippen MR) is 132 cm³/mol. The second-order valence-electron chi connectivity index (χ2n) is 9.99. The molecule has 2 aromatic carbocycles. The number of nitrogens with one attached hydrogen (secondary N) is 2. The highest BCUT2D eigenvalue weighted by molar-refractivity contribution is 5.93.